The first-order valence-corrected chi connectivity index (χ1v) is 4.00. The van der Waals surface area contributed by atoms with Crippen molar-refractivity contribution < 1.29 is 44.3 Å². The molecule has 0 rings (SSSR count). The quantitative estimate of drug-likeness (QED) is 0.699. The molecule has 0 saturated carbocycles. The summed E-state index contributed by atoms with van der Waals surface area (Å²) in [5.74, 6) is -18.9. The maximum atomic E-state index is 12.6. The summed E-state index contributed by atoms with van der Waals surface area (Å²) in [4.78, 5) is 0. The minimum Gasteiger partial charge on any atom is -0.384 e. The van der Waals surface area contributed by atoms with Crippen LogP contribution in [0.1, 0.15) is 6.42 Å². The molecule has 1 nitrogen and oxygen atoms in total. The molecule has 17 heavy (non-hydrogen) atoms. The van der Waals surface area contributed by atoms with Crippen molar-refractivity contribution in [2.24, 2.45) is 0 Å². The van der Waals surface area contributed by atoms with Crippen molar-refractivity contribution in [1.29, 1.82) is 0 Å². The van der Waals surface area contributed by atoms with Gasteiger partial charge in [0.2, 0.25) is 0 Å². The van der Waals surface area contributed by atoms with E-state index in [1.165, 1.54) is 0 Å². The molecular formula is C7H7F9O. The van der Waals surface area contributed by atoms with Gasteiger partial charge in [0.25, 0.3) is 0 Å². The molecule has 0 aromatic heterocycles. The summed E-state index contributed by atoms with van der Waals surface area (Å²) in [6, 6.07) is 0. The lowest BCUT2D eigenvalue weighted by Crippen LogP contribution is -2.61. The van der Waals surface area contributed by atoms with Gasteiger partial charge in [-0.15, -0.1) is 0 Å². The largest absolute Gasteiger partial charge is 0.460 e. The van der Waals surface area contributed by atoms with Crippen LogP contribution in [0.2, 0.25) is 0 Å². The third kappa shape index (κ3) is 2.78. The van der Waals surface area contributed by atoms with E-state index in [0.29, 0.717) is 0 Å². The number of rotatable bonds is 5. The maximum Gasteiger partial charge on any atom is 0.460 e. The van der Waals surface area contributed by atoms with Crippen LogP contribution in [-0.4, -0.2) is 37.7 Å². The molecule has 0 aliphatic carbocycles. The molecule has 0 aromatic carbocycles. The van der Waals surface area contributed by atoms with E-state index in [1.54, 1.807) is 0 Å². The molecule has 0 radical (unpaired) electrons. The van der Waals surface area contributed by atoms with Crippen LogP contribution in [0.15, 0.2) is 0 Å². The third-order valence-electron chi connectivity index (χ3n) is 1.83. The Kier molecular flexibility index (Phi) is 4.36. The fourth-order valence-electron chi connectivity index (χ4n) is 0.795. The molecule has 0 aromatic rings. The van der Waals surface area contributed by atoms with Gasteiger partial charge in [-0.05, 0) is 0 Å². The zero-order valence-corrected chi connectivity index (χ0v) is 8.22. The van der Waals surface area contributed by atoms with Crippen molar-refractivity contribution in [1.82, 2.24) is 0 Å². The highest BCUT2D eigenvalue weighted by Gasteiger charge is 2.81. The second-order valence-corrected chi connectivity index (χ2v) is 3.09. The first-order chi connectivity index (χ1) is 7.31. The van der Waals surface area contributed by atoms with Crippen LogP contribution < -0.4 is 0 Å². The lowest BCUT2D eigenvalue weighted by molar-refractivity contribution is -0.397. The maximum absolute atomic E-state index is 12.6. The first kappa shape index (κ1) is 16.3. The molecule has 0 unspecified atom stereocenters. The third-order valence-corrected chi connectivity index (χ3v) is 1.83. The van der Waals surface area contributed by atoms with E-state index in [0.717, 1.165) is 7.11 Å². The Morgan fingerprint density at radius 1 is 0.765 bits per heavy atom. The number of methoxy groups -OCH3 is 1. The van der Waals surface area contributed by atoms with E-state index < -0.39 is 37.0 Å². The molecular weight excluding hydrogens is 271 g/mol. The van der Waals surface area contributed by atoms with Crippen LogP contribution in [0.25, 0.3) is 0 Å². The van der Waals surface area contributed by atoms with Crippen molar-refractivity contribution in [2.75, 3.05) is 13.7 Å². The van der Waals surface area contributed by atoms with E-state index in [9.17, 15) is 39.5 Å². The van der Waals surface area contributed by atoms with E-state index in [4.69, 9.17) is 0 Å². The SMILES string of the molecule is COCCC(F)(F)C(F)(F)C(F)(F)C(F)(F)F. The van der Waals surface area contributed by atoms with E-state index in [2.05, 4.69) is 4.74 Å². The molecule has 0 bridgehead atoms. The van der Waals surface area contributed by atoms with Crippen LogP contribution in [0, 0.1) is 0 Å². The average molecular weight is 278 g/mol. The highest BCUT2D eigenvalue weighted by atomic mass is 19.4. The van der Waals surface area contributed by atoms with Gasteiger partial charge in [0.05, 0.1) is 6.61 Å². The predicted octanol–water partition coefficient (Wildman–Crippen LogP) is 3.49. The van der Waals surface area contributed by atoms with E-state index in [-0.39, 0.29) is 0 Å². The summed E-state index contributed by atoms with van der Waals surface area (Å²) >= 11 is 0. The molecule has 0 atom stereocenters. The Hall–Kier alpha value is -0.670. The van der Waals surface area contributed by atoms with Crippen molar-refractivity contribution in [2.45, 2.75) is 30.4 Å². The zero-order valence-electron chi connectivity index (χ0n) is 8.22. The second-order valence-electron chi connectivity index (χ2n) is 3.09. The number of hydrogen-bond donors (Lipinski definition) is 0. The number of halogens is 9. The van der Waals surface area contributed by atoms with Crippen LogP contribution in [0.3, 0.4) is 0 Å². The summed E-state index contributed by atoms with van der Waals surface area (Å²) < 4.78 is 113. The highest BCUT2D eigenvalue weighted by molar-refractivity contribution is 5.00. The van der Waals surface area contributed by atoms with Crippen molar-refractivity contribution >= 4 is 0 Å². The van der Waals surface area contributed by atoms with Crippen molar-refractivity contribution in [3.8, 4) is 0 Å². The van der Waals surface area contributed by atoms with Gasteiger partial charge < -0.3 is 4.74 Å². The number of alkyl halides is 9. The fraction of sp³-hybridized carbons (Fsp3) is 1.00. The Bertz CT molecular complexity index is 257. The van der Waals surface area contributed by atoms with Gasteiger partial charge in [-0.1, -0.05) is 0 Å². The van der Waals surface area contributed by atoms with Gasteiger partial charge in [-0.25, -0.2) is 0 Å². The van der Waals surface area contributed by atoms with Crippen molar-refractivity contribution in [3.63, 3.8) is 0 Å². The van der Waals surface area contributed by atoms with Crippen LogP contribution in [0.5, 0.6) is 0 Å². The standard InChI is InChI=1S/C7H7F9O/c1-17-3-2-4(8,9)5(10,11)6(12,13)7(14,15)16/h2-3H2,1H3. The van der Waals surface area contributed by atoms with Crippen LogP contribution >= 0.6 is 0 Å². The molecule has 0 N–H and O–H groups in total. The van der Waals surface area contributed by atoms with Crippen LogP contribution in [-0.2, 0) is 4.74 Å². The number of ether oxygens (including phenoxy) is 1. The Morgan fingerprint density at radius 3 is 1.47 bits per heavy atom. The first-order valence-electron chi connectivity index (χ1n) is 4.00. The molecule has 104 valence electrons. The van der Waals surface area contributed by atoms with Gasteiger partial charge >= 0.3 is 23.9 Å². The lowest BCUT2D eigenvalue weighted by atomic mass is 10.0. The molecule has 0 fully saturated rings. The number of hydrogen-bond acceptors (Lipinski definition) is 1. The summed E-state index contributed by atoms with van der Waals surface area (Å²) in [6.45, 7) is -1.09. The van der Waals surface area contributed by atoms with Gasteiger partial charge in [0, 0.05) is 13.5 Å². The summed E-state index contributed by atoms with van der Waals surface area (Å²) in [5.41, 5.74) is 0. The van der Waals surface area contributed by atoms with Crippen molar-refractivity contribution in [3.05, 3.63) is 0 Å². The topological polar surface area (TPSA) is 9.23 Å². The Balaban J connectivity index is 5.24. The van der Waals surface area contributed by atoms with Gasteiger partial charge in [0.1, 0.15) is 0 Å². The molecule has 0 aliphatic heterocycles. The normalized spacial score (nSPS) is 15.2. The summed E-state index contributed by atoms with van der Waals surface area (Å²) in [6.07, 6.45) is -8.73. The second kappa shape index (κ2) is 4.54. The lowest BCUT2D eigenvalue weighted by Gasteiger charge is -2.33. The predicted molar refractivity (Wildman–Crippen MR) is 37.4 cm³/mol. The molecule has 0 heterocycles. The summed E-state index contributed by atoms with van der Waals surface area (Å²) in [7, 11) is 0.802. The van der Waals surface area contributed by atoms with Gasteiger partial charge in [-0.3, -0.25) is 0 Å². The monoisotopic (exact) mass is 278 g/mol. The molecule has 0 saturated heterocycles. The highest BCUT2D eigenvalue weighted by Crippen LogP contribution is 2.53. The Labute approximate surface area is 89.5 Å². The molecule has 0 amide bonds. The van der Waals surface area contributed by atoms with E-state index in [1.807, 2.05) is 0 Å². The minimum absolute atomic E-state index is 0.802. The molecule has 0 aliphatic rings. The minimum atomic E-state index is -6.82. The zero-order chi connectivity index (χ0) is 14.1. The smallest absolute Gasteiger partial charge is 0.384 e. The van der Waals surface area contributed by atoms with Crippen LogP contribution in [0.4, 0.5) is 39.5 Å². The average Bonchev–Trinajstić information content (AvgIpc) is 2.12. The van der Waals surface area contributed by atoms with Gasteiger partial charge in [-0.2, -0.15) is 39.5 Å². The van der Waals surface area contributed by atoms with E-state index >= 15 is 0 Å². The molecule has 10 heteroatoms. The molecule has 0 spiro atoms. The fourth-order valence-corrected chi connectivity index (χ4v) is 0.795. The summed E-state index contributed by atoms with van der Waals surface area (Å²) in [5, 5.41) is 0. The Morgan fingerprint density at radius 2 is 1.18 bits per heavy atom. The van der Waals surface area contributed by atoms with Gasteiger partial charge in [0.15, 0.2) is 0 Å².